The molecule has 9 amide bonds. The van der Waals surface area contributed by atoms with Crippen LogP contribution in [-0.4, -0.2) is 375 Å². The van der Waals surface area contributed by atoms with Gasteiger partial charge in [-0.1, -0.05) is 61.3 Å². The minimum Gasteiger partial charge on any atom is -0.336 e. The molecule has 0 aromatic rings. The van der Waals surface area contributed by atoms with E-state index in [0.717, 1.165) is 81.7 Å². The zero-order valence-electron chi connectivity index (χ0n) is 76.2. The predicted molar refractivity (Wildman–Crippen MR) is 490 cm³/mol. The lowest BCUT2D eigenvalue weighted by Crippen LogP contribution is -2.81. The third-order valence-corrected chi connectivity index (χ3v) is 37.2. The number of amides is 9. The monoisotopic (exact) mass is 1870 g/mol. The van der Waals surface area contributed by atoms with Crippen LogP contribution in [0.1, 0.15) is 138 Å². The molecule has 33 unspecified atom stereocenters. The Morgan fingerprint density at radius 1 is 0.388 bits per heavy atom. The number of urea groups is 3. The lowest BCUT2D eigenvalue weighted by Gasteiger charge is -2.60. The van der Waals surface area contributed by atoms with Gasteiger partial charge in [-0.3, -0.25) is 76.9 Å². The van der Waals surface area contributed by atoms with E-state index in [1.807, 2.05) is 59.8 Å². The van der Waals surface area contributed by atoms with E-state index >= 15 is 26.3 Å². The number of nitrogens with zero attached hydrogens (tertiary/aromatic N) is 9. The van der Waals surface area contributed by atoms with Gasteiger partial charge < -0.3 is 61.3 Å². The number of hydrogen-bond acceptors (Lipinski definition) is 24. The number of alkyl halides is 6. The van der Waals surface area contributed by atoms with Crippen LogP contribution in [0.15, 0.2) is 38.0 Å². The molecule has 0 aromatic carbocycles. The largest absolute Gasteiger partial charge is 0.336 e. The van der Waals surface area contributed by atoms with Gasteiger partial charge in [-0.05, 0) is 133 Å². The van der Waals surface area contributed by atoms with Gasteiger partial charge in [-0.15, -0.1) is 35.3 Å². The van der Waals surface area contributed by atoms with Crippen molar-refractivity contribution >= 4 is 71.1 Å². The summed E-state index contributed by atoms with van der Waals surface area (Å²) in [7, 11) is 0. The molecule has 20 rings (SSSR count). The van der Waals surface area contributed by atoms with Gasteiger partial charge in [0.2, 0.25) is 17.7 Å². The minimum atomic E-state index is -1.25. The second-order valence-electron chi connectivity index (χ2n) is 41.5. The highest BCUT2D eigenvalue weighted by Crippen LogP contribution is 2.51. The summed E-state index contributed by atoms with van der Waals surface area (Å²) in [5, 5.41) is 53.5. The summed E-state index contributed by atoms with van der Waals surface area (Å²) in [5.74, 6) is 0.813. The first-order valence-electron chi connectivity index (χ1n) is 49.1. The molecule has 0 spiro atoms. The molecule has 20 fully saturated rings. The van der Waals surface area contributed by atoms with E-state index in [2.05, 4.69) is 163 Å². The van der Waals surface area contributed by atoms with Crippen LogP contribution in [0, 0.1) is 53.3 Å². The molecule has 15 aliphatic heterocycles. The van der Waals surface area contributed by atoms with Crippen LogP contribution >= 0.6 is 35.3 Å². The van der Waals surface area contributed by atoms with Crippen molar-refractivity contribution in [1.29, 1.82) is 0 Å². The van der Waals surface area contributed by atoms with E-state index in [0.29, 0.717) is 91.6 Å². The maximum atomic E-state index is 16.5. The van der Waals surface area contributed by atoms with Gasteiger partial charge in [-0.2, -0.15) is 0 Å². The second kappa shape index (κ2) is 40.3. The van der Waals surface area contributed by atoms with Crippen LogP contribution in [0.4, 0.5) is 40.7 Å². The molecule has 15 heterocycles. The van der Waals surface area contributed by atoms with Crippen LogP contribution in [0.5, 0.6) is 0 Å². The second-order valence-corrected chi connectivity index (χ2v) is 45.2. The first-order chi connectivity index (χ1) is 62.2. The topological polar surface area (TPSA) is 312 Å². The van der Waals surface area contributed by atoms with Gasteiger partial charge in [0.25, 0.3) is 0 Å². The van der Waals surface area contributed by atoms with Gasteiger partial charge in [0.15, 0.2) is 0 Å². The van der Waals surface area contributed by atoms with Crippen molar-refractivity contribution in [1.82, 2.24) is 124 Å². The molecule has 15 N–H and O–H groups in total. The van der Waals surface area contributed by atoms with E-state index in [1.165, 1.54) is 18.2 Å². The van der Waals surface area contributed by atoms with Gasteiger partial charge in [0, 0.05) is 223 Å². The quantitative estimate of drug-likeness (QED) is 0.116. The van der Waals surface area contributed by atoms with Crippen molar-refractivity contribution in [3.63, 3.8) is 0 Å². The van der Waals surface area contributed by atoms with E-state index in [1.54, 1.807) is 4.90 Å². The predicted octanol–water partition coefficient (Wildman–Crippen LogP) is 3.74. The normalized spacial score (nSPS) is 46.0. The fourth-order valence-corrected chi connectivity index (χ4v) is 30.9. The summed E-state index contributed by atoms with van der Waals surface area (Å²) in [4.78, 5) is 98.6. The molecule has 129 heavy (non-hydrogen) atoms. The number of carbonyl (C=O) groups excluding carboxylic acids is 6. The summed E-state index contributed by atoms with van der Waals surface area (Å²) in [6, 6.07) is -2.87. The fraction of sp³-hybridized carbons (Fsp3) is 0.867. The third-order valence-electron chi connectivity index (χ3n) is 33.4. The molecule has 38 atom stereocenters. The van der Waals surface area contributed by atoms with Crippen molar-refractivity contribution in [3.8, 4) is 0 Å². The zero-order chi connectivity index (χ0) is 90.4. The average molecular weight is 1870 g/mol. The van der Waals surface area contributed by atoms with Gasteiger partial charge in [0.05, 0.1) is 71.2 Å². The molecule has 0 radical (unpaired) electrons. The standard InChI is InChI=1S/2C30H48F2N8O2S.C30H50F2N8O2S/c2*1-4-22(41)38-9-10-39(21-13-20(21)38)27-16-12-18(32)25-23-17(31)6-5-7-19(23)33-8-11-43-29-26(24(15(2)3)34-14-35-29)40(28(16)36-25)30(42)37-27;1-5-22(41)38-10-11-39(17(4)14-38)27-18-13-20(32)25-23-19(31)7-6-8-21(23)33-9-12-43-29-26(24(16(2)3)34-15-35-29)40(28(18)36-25)30(42)37-27/h2*4,15-21,23-29,33-36H,1,5-14H2,2-3H3,(H,37,42);5,16-21,23-29,33-36H,1,6-15H2,2-4H3,(H,37,42)/t2*16?,17?,18?,19?,20-,21+,23?,24?,25?,26?,27?,28?,29?;17-,18?,19?,20?,21?,23?,24?,25?,26?,27?,28?,29?/m101/s1. The molecule has 39 heteroatoms. The molecule has 20 aliphatic rings. The van der Waals surface area contributed by atoms with Crippen LogP contribution in [0.25, 0.3) is 0 Å². The van der Waals surface area contributed by atoms with E-state index < -0.39 is 97.6 Å². The maximum absolute atomic E-state index is 16.5. The van der Waals surface area contributed by atoms with Crippen LogP contribution in [0.3, 0.4) is 0 Å². The first kappa shape index (κ1) is 94.8. The van der Waals surface area contributed by atoms with E-state index in [9.17, 15) is 28.8 Å². The van der Waals surface area contributed by atoms with Crippen LogP contribution < -0.4 is 79.8 Å². The fourth-order valence-electron chi connectivity index (χ4n) is 27.4. The molecule has 15 saturated heterocycles. The molecule has 6 bridgehead atoms. The molecule has 0 aromatic heterocycles. The third kappa shape index (κ3) is 18.5. The molecule has 5 aliphatic carbocycles. The number of hydrogen-bond donors (Lipinski definition) is 15. The van der Waals surface area contributed by atoms with Crippen molar-refractivity contribution < 1.29 is 55.1 Å². The number of rotatable bonds is 9. The van der Waals surface area contributed by atoms with Crippen molar-refractivity contribution in [2.45, 2.75) is 331 Å². The molecule has 5 saturated carbocycles. The van der Waals surface area contributed by atoms with E-state index in [4.69, 9.17) is 0 Å². The first-order valence-corrected chi connectivity index (χ1v) is 52.3. The smallest absolute Gasteiger partial charge is 0.320 e. The Balaban J connectivity index is 0.000000130. The number of nitrogens with one attached hydrogen (secondary N) is 15. The number of piperidine rings is 3. The van der Waals surface area contributed by atoms with Crippen LogP contribution in [-0.2, 0) is 14.4 Å². The Kier molecular flexibility index (Phi) is 29.6. The van der Waals surface area contributed by atoms with Crippen molar-refractivity contribution in [2.24, 2.45) is 53.3 Å². The molecular weight excluding hydrogens is 1720 g/mol. The number of halogens is 6. The highest BCUT2D eigenvalue weighted by Gasteiger charge is 2.66. The minimum absolute atomic E-state index is 0.00136. The number of carbonyl (C=O) groups is 6. The summed E-state index contributed by atoms with van der Waals surface area (Å²) < 4.78 is 96.8. The summed E-state index contributed by atoms with van der Waals surface area (Å²) in [6.07, 6.45) is 3.27. The Morgan fingerprint density at radius 2 is 0.713 bits per heavy atom. The highest BCUT2D eigenvalue weighted by atomic mass is 32.2. The average Bonchev–Trinajstić information content (AvgIpc) is 1.68. The lowest BCUT2D eigenvalue weighted by atomic mass is 9.72. The summed E-state index contributed by atoms with van der Waals surface area (Å²) >= 11 is 5.43. The Morgan fingerprint density at radius 3 is 1.03 bits per heavy atom. The number of fused-ring (bicyclic) bond motifs is 17. The van der Waals surface area contributed by atoms with E-state index in [-0.39, 0.29) is 204 Å². The number of piperazine rings is 3. The Labute approximate surface area is 770 Å². The summed E-state index contributed by atoms with van der Waals surface area (Å²) in [6.45, 7) is 34.1. The number of thioether (sulfide) groups is 3. The Bertz CT molecular complexity index is 3660. The highest BCUT2D eigenvalue weighted by molar-refractivity contribution is 8.00. The van der Waals surface area contributed by atoms with Crippen molar-refractivity contribution in [3.05, 3.63) is 38.0 Å². The van der Waals surface area contributed by atoms with Gasteiger partial charge in [0.1, 0.15) is 37.0 Å². The SMILES string of the molecule is C=CC(=O)N1CCN(C2NC(=O)N3C4NC(C(F)CC42)C2C(F)CCCC2NCCSC2NCNC(C(C)C)C23)[C@@H]2C[C@@H]21.C=CC(=O)N1CCN(C2NC(=O)N3C4NC(C(F)CC42)C2C(F)CCCC2NCCSC2NCNC(C(C)C)C23)[C@H](C)C1.C=CC(=O)N1CCN(C2NC(=O)N3C4NC(C(F)CC42)C2C(F)CCCC2NCCSC2NCNC(C(C)C)C23)[C@H]2C[C@H]21. The summed E-state index contributed by atoms with van der Waals surface area (Å²) in [5.41, 5.74) is 0. The molecule has 30 nitrogen and oxygen atoms in total. The van der Waals surface area contributed by atoms with Crippen molar-refractivity contribution in [2.75, 3.05) is 103 Å². The van der Waals surface area contributed by atoms with Crippen LogP contribution in [0.2, 0.25) is 0 Å². The zero-order valence-corrected chi connectivity index (χ0v) is 78.7. The maximum Gasteiger partial charge on any atom is 0.320 e. The molecular formula is C90H146F6N24O6S3. The molecule has 722 valence electrons. The Hall–Kier alpha value is -4.53. The van der Waals surface area contributed by atoms with Gasteiger partial charge >= 0.3 is 18.1 Å². The lowest BCUT2D eigenvalue weighted by molar-refractivity contribution is -0.132. The van der Waals surface area contributed by atoms with Gasteiger partial charge in [-0.25, -0.2) is 40.7 Å².